The Balaban J connectivity index is 1.34. The molecule has 15 nitrogen and oxygen atoms in total. The molecule has 0 saturated carbocycles. The summed E-state index contributed by atoms with van der Waals surface area (Å²) >= 11 is 0. The van der Waals surface area contributed by atoms with Gasteiger partial charge >= 0.3 is 31.4 Å². The monoisotopic (exact) mass is 511 g/mol. The van der Waals surface area contributed by atoms with Crippen LogP contribution < -0.4 is 34.8 Å². The lowest BCUT2D eigenvalue weighted by atomic mass is 10.2. The second kappa shape index (κ2) is 10.3. The predicted octanol–water partition coefficient (Wildman–Crippen LogP) is -1.33. The van der Waals surface area contributed by atoms with Gasteiger partial charge in [-0.15, -0.1) is 0 Å². The fourth-order valence-corrected chi connectivity index (χ4v) is 4.66. The summed E-state index contributed by atoms with van der Waals surface area (Å²) in [5.41, 5.74) is 5.59. The van der Waals surface area contributed by atoms with E-state index < -0.39 is 25.8 Å². The Kier molecular flexibility index (Phi) is 7.24. The minimum Gasteiger partial charge on any atom is -0.468 e. The molecule has 16 heteroatoms. The normalized spacial score (nSPS) is 20.3. The van der Waals surface area contributed by atoms with Crippen molar-refractivity contribution in [2.75, 3.05) is 33.8 Å². The van der Waals surface area contributed by atoms with E-state index >= 15 is 0 Å². The molecule has 1 aromatic carbocycles. The predicted molar refractivity (Wildman–Crippen MR) is 121 cm³/mol. The van der Waals surface area contributed by atoms with E-state index in [1.807, 2.05) is 0 Å². The molecule has 0 bridgehead atoms. The van der Waals surface area contributed by atoms with Crippen LogP contribution in [0, 0.1) is 0 Å². The van der Waals surface area contributed by atoms with Crippen LogP contribution in [0.4, 0.5) is 0 Å². The number of nitrogens with two attached hydrogens (primary N) is 1. The molecule has 3 aliphatic rings. The zero-order valence-corrected chi connectivity index (χ0v) is 19.7. The van der Waals surface area contributed by atoms with Crippen molar-refractivity contribution in [3.8, 4) is 17.2 Å². The maximum Gasteiger partial charge on any atom is 0.459 e. The lowest BCUT2D eigenvalue weighted by molar-refractivity contribution is -0.142. The van der Waals surface area contributed by atoms with Gasteiger partial charge in [0.2, 0.25) is 12.8 Å². The molecule has 3 unspecified atom stereocenters. The molecular weight excluding hydrogens is 487 g/mol. The number of benzene rings is 1. The van der Waals surface area contributed by atoms with Crippen molar-refractivity contribution in [1.29, 1.82) is 0 Å². The van der Waals surface area contributed by atoms with Crippen molar-refractivity contribution in [2.45, 2.75) is 19.0 Å². The molecule has 3 atom stereocenters. The second-order valence-electron chi connectivity index (χ2n) is 7.33. The summed E-state index contributed by atoms with van der Waals surface area (Å²) < 4.78 is 49.3. The van der Waals surface area contributed by atoms with E-state index in [9.17, 15) is 14.2 Å². The van der Waals surface area contributed by atoms with Crippen LogP contribution in [0.1, 0.15) is 6.92 Å². The van der Waals surface area contributed by atoms with Crippen molar-refractivity contribution >= 4 is 37.8 Å². The summed E-state index contributed by atoms with van der Waals surface area (Å²) in [6.07, 6.45) is 1.41. The Labute approximate surface area is 199 Å². The fraction of sp³-hybridized carbons (Fsp3) is 0.421. The van der Waals surface area contributed by atoms with Gasteiger partial charge in [-0.2, -0.15) is 5.09 Å². The molecule has 4 N–H and O–H groups in total. The number of amidine groups is 1. The van der Waals surface area contributed by atoms with E-state index in [4.69, 9.17) is 29.0 Å². The van der Waals surface area contributed by atoms with E-state index in [1.54, 1.807) is 6.07 Å². The molecule has 0 fully saturated rings. The van der Waals surface area contributed by atoms with Gasteiger partial charge in [0.15, 0.2) is 18.2 Å². The summed E-state index contributed by atoms with van der Waals surface area (Å²) in [5, 5.41) is 4.93. The highest BCUT2D eigenvalue weighted by Crippen LogP contribution is 2.47. The van der Waals surface area contributed by atoms with Gasteiger partial charge in [-0.05, 0) is 19.1 Å². The summed E-state index contributed by atoms with van der Waals surface area (Å²) in [4.78, 5) is 29.3. The summed E-state index contributed by atoms with van der Waals surface area (Å²) in [5.74, 6) is 0.359. The van der Waals surface area contributed by atoms with E-state index in [1.165, 1.54) is 37.4 Å². The third kappa shape index (κ3) is 5.73. The first-order valence-electron chi connectivity index (χ1n) is 10.4. The SMILES string of the molecule is COC(=O)C(C)NP(=O)(OCCOCN1C=NC2C(=O)NC(N)=[N+]=C21)Oc1ccc2c(c1)OCO2. The maximum absolute atomic E-state index is 13.4. The Morgan fingerprint density at radius 2 is 2.20 bits per heavy atom. The van der Waals surface area contributed by atoms with E-state index in [0.717, 1.165) is 0 Å². The summed E-state index contributed by atoms with van der Waals surface area (Å²) in [6, 6.07) is 2.83. The van der Waals surface area contributed by atoms with Crippen LogP contribution >= 0.6 is 7.75 Å². The second-order valence-corrected chi connectivity index (χ2v) is 9.02. The third-order valence-corrected chi connectivity index (χ3v) is 6.50. The number of rotatable bonds is 11. The minimum absolute atomic E-state index is 0.0118. The first kappa shape index (κ1) is 24.5. The van der Waals surface area contributed by atoms with Crippen molar-refractivity contribution in [3.63, 3.8) is 0 Å². The molecule has 0 aromatic heterocycles. The lowest BCUT2D eigenvalue weighted by Crippen LogP contribution is -2.53. The number of methoxy groups -OCH3 is 1. The molecule has 1 aromatic rings. The third-order valence-electron chi connectivity index (χ3n) is 4.82. The van der Waals surface area contributed by atoms with Crippen LogP contribution in [0.15, 0.2) is 23.2 Å². The zero-order chi connectivity index (χ0) is 25.0. The van der Waals surface area contributed by atoms with Crippen molar-refractivity contribution in [3.05, 3.63) is 18.2 Å². The van der Waals surface area contributed by atoms with Crippen LogP contribution in [0.5, 0.6) is 17.2 Å². The van der Waals surface area contributed by atoms with E-state index in [0.29, 0.717) is 17.3 Å². The highest BCUT2D eigenvalue weighted by Gasteiger charge is 2.41. The highest BCUT2D eigenvalue weighted by molar-refractivity contribution is 7.52. The van der Waals surface area contributed by atoms with Crippen LogP contribution in [-0.2, 0) is 28.2 Å². The van der Waals surface area contributed by atoms with E-state index in [2.05, 4.69) is 24.8 Å². The quantitative estimate of drug-likeness (QED) is 0.138. The fourth-order valence-electron chi connectivity index (χ4n) is 3.19. The standard InChI is InChI=1S/C19H23N6O9P/c1-11(18(27)29-2)24-35(28,34-12-3-4-13-14(7-12)32-10-31-13)33-6-5-30-9-25-8-21-15-16(25)22-19(20)23-17(15)26/h3-4,7-8,11,15H,5-6,9-10H2,1-2H3,(H3,20,23,24,26,28)/p+1. The number of esters is 1. The Hall–Kier alpha value is -3.61. The number of nitrogens with zero attached hydrogens (tertiary/aromatic N) is 3. The molecule has 35 heavy (non-hydrogen) atoms. The van der Waals surface area contributed by atoms with Crippen molar-refractivity contribution in [1.82, 2.24) is 20.0 Å². The van der Waals surface area contributed by atoms with Crippen LogP contribution in [0.2, 0.25) is 0 Å². The molecule has 4 rings (SSSR count). The number of fused-ring (bicyclic) bond motifs is 2. The Morgan fingerprint density at radius 1 is 1.40 bits per heavy atom. The number of hydrogen-bond donors (Lipinski definition) is 3. The summed E-state index contributed by atoms with van der Waals surface area (Å²) in [6.45, 7) is 1.32. The Bertz CT molecular complexity index is 1150. The molecule has 188 valence electrons. The molecule has 1 amide bonds. The smallest absolute Gasteiger partial charge is 0.459 e. The Morgan fingerprint density at radius 3 is 3.00 bits per heavy atom. The van der Waals surface area contributed by atoms with Gasteiger partial charge in [-0.25, -0.2) is 24.4 Å². The average molecular weight is 511 g/mol. The van der Waals surface area contributed by atoms with Crippen molar-refractivity contribution < 1.29 is 42.1 Å². The van der Waals surface area contributed by atoms with Gasteiger partial charge in [0.1, 0.15) is 18.1 Å². The highest BCUT2D eigenvalue weighted by atomic mass is 31.2. The van der Waals surface area contributed by atoms with Gasteiger partial charge in [-0.1, -0.05) is 0 Å². The van der Waals surface area contributed by atoms with Crippen LogP contribution in [-0.4, -0.2) is 80.8 Å². The molecule has 3 aliphatic heterocycles. The summed E-state index contributed by atoms with van der Waals surface area (Å²) in [7, 11) is -2.85. The minimum atomic E-state index is -4.06. The van der Waals surface area contributed by atoms with Gasteiger partial charge < -0.3 is 23.5 Å². The molecule has 3 heterocycles. The topological polar surface area (TPSA) is 186 Å². The molecule has 0 aliphatic carbocycles. The van der Waals surface area contributed by atoms with E-state index in [-0.39, 0.29) is 44.4 Å². The van der Waals surface area contributed by atoms with Crippen LogP contribution in [0.25, 0.3) is 0 Å². The largest absolute Gasteiger partial charge is 0.468 e. The van der Waals surface area contributed by atoms with Crippen LogP contribution in [0.3, 0.4) is 0 Å². The first-order chi connectivity index (χ1) is 16.8. The van der Waals surface area contributed by atoms with Crippen molar-refractivity contribution in [2.24, 2.45) is 10.7 Å². The molecule has 0 saturated heterocycles. The number of amides is 1. The van der Waals surface area contributed by atoms with Gasteiger partial charge in [0.25, 0.3) is 0 Å². The van der Waals surface area contributed by atoms with Gasteiger partial charge in [0, 0.05) is 6.07 Å². The molecular formula is C19H24N6O9P+. The number of ether oxygens (including phenoxy) is 4. The average Bonchev–Trinajstić information content (AvgIpc) is 3.45. The first-order valence-corrected chi connectivity index (χ1v) is 11.9. The zero-order valence-electron chi connectivity index (χ0n) is 18.8. The maximum atomic E-state index is 13.4. The molecule has 0 spiro atoms. The number of carbonyl (C=O) groups excluding carboxylic acids is 2. The van der Waals surface area contributed by atoms with Gasteiger partial charge in [0.05, 0.1) is 20.3 Å². The number of carbonyl (C=O) groups is 2. The number of aliphatic imine (C=N–C) groups is 1. The molecule has 0 radical (unpaired) electrons. The number of guanidine groups is 1. The lowest BCUT2D eigenvalue weighted by Gasteiger charge is -2.22. The number of nitrogens with one attached hydrogen (secondary N) is 2. The van der Waals surface area contributed by atoms with Gasteiger partial charge in [-0.3, -0.25) is 19.8 Å². The number of hydrogen-bond acceptors (Lipinski definition) is 12.